The number of rotatable bonds is 4. The number of benzene rings is 2. The quantitative estimate of drug-likeness (QED) is 0.656. The zero-order valence-corrected chi connectivity index (χ0v) is 18.3. The molecule has 29 heavy (non-hydrogen) atoms. The minimum Gasteiger partial charge on any atom is -0.370 e. The van der Waals surface area contributed by atoms with E-state index in [4.69, 9.17) is 4.74 Å². The second kappa shape index (κ2) is 8.12. The summed E-state index contributed by atoms with van der Waals surface area (Å²) in [7, 11) is -3.96. The highest BCUT2D eigenvalue weighted by Gasteiger charge is 2.46. The van der Waals surface area contributed by atoms with E-state index in [0.717, 1.165) is 16.6 Å². The summed E-state index contributed by atoms with van der Waals surface area (Å²) in [5.74, 6) is -2.55. The van der Waals surface area contributed by atoms with E-state index in [1.165, 1.54) is 36.9 Å². The van der Waals surface area contributed by atoms with E-state index in [-0.39, 0.29) is 24.6 Å². The maximum Gasteiger partial charge on any atom is 0.244 e. The number of halogens is 3. The van der Waals surface area contributed by atoms with Crippen molar-refractivity contribution in [2.24, 2.45) is 0 Å². The highest BCUT2D eigenvalue weighted by Crippen LogP contribution is 2.31. The predicted molar refractivity (Wildman–Crippen MR) is 107 cm³/mol. The van der Waals surface area contributed by atoms with Gasteiger partial charge in [0, 0.05) is 11.0 Å². The molecular weight excluding hydrogens is 468 g/mol. The van der Waals surface area contributed by atoms with E-state index in [1.807, 2.05) is 0 Å². The van der Waals surface area contributed by atoms with E-state index in [9.17, 15) is 22.0 Å². The van der Waals surface area contributed by atoms with Gasteiger partial charge in [-0.3, -0.25) is 4.79 Å². The van der Waals surface area contributed by atoms with Gasteiger partial charge in [-0.05, 0) is 55.8 Å². The minimum atomic E-state index is -3.96. The molecule has 1 fully saturated rings. The molecule has 1 atom stereocenters. The summed E-state index contributed by atoms with van der Waals surface area (Å²) in [6.07, 6.45) is -0.672. The smallest absolute Gasteiger partial charge is 0.244 e. The highest BCUT2D eigenvalue weighted by molar-refractivity contribution is 9.10. The van der Waals surface area contributed by atoms with Crippen LogP contribution in [0.3, 0.4) is 0 Å². The summed E-state index contributed by atoms with van der Waals surface area (Å²) in [4.78, 5) is 14.6. The van der Waals surface area contributed by atoms with E-state index < -0.39 is 38.2 Å². The molecule has 0 aromatic heterocycles. The number of ether oxygens (including phenoxy) is 1. The Kier molecular flexibility index (Phi) is 6.12. The van der Waals surface area contributed by atoms with Crippen LogP contribution < -0.4 is 0 Å². The fourth-order valence-electron chi connectivity index (χ4n) is 3.15. The number of carbonyl (C=O) groups excluding carboxylic acids is 1. The van der Waals surface area contributed by atoms with Crippen molar-refractivity contribution in [1.82, 2.24) is 4.90 Å². The van der Waals surface area contributed by atoms with Gasteiger partial charge in [-0.15, -0.1) is 0 Å². The number of morpholine rings is 1. The van der Waals surface area contributed by atoms with Crippen LogP contribution in [0.1, 0.15) is 25.5 Å². The third-order valence-electron chi connectivity index (χ3n) is 4.98. The van der Waals surface area contributed by atoms with Crippen molar-refractivity contribution in [3.05, 3.63) is 64.1 Å². The van der Waals surface area contributed by atoms with Crippen LogP contribution in [0.2, 0.25) is 0 Å². The summed E-state index contributed by atoms with van der Waals surface area (Å²) in [6.45, 7) is 3.15. The van der Waals surface area contributed by atoms with Gasteiger partial charge < -0.3 is 9.64 Å². The molecule has 0 radical (unpaired) electrons. The largest absolute Gasteiger partial charge is 0.370 e. The summed E-state index contributed by atoms with van der Waals surface area (Å²) >= 11 is 3.26. The molecule has 0 N–H and O–H groups in total. The van der Waals surface area contributed by atoms with Gasteiger partial charge in [0.2, 0.25) is 5.91 Å². The van der Waals surface area contributed by atoms with Gasteiger partial charge >= 0.3 is 0 Å². The lowest BCUT2D eigenvalue weighted by atomic mass is 10.1. The zero-order valence-electron chi connectivity index (χ0n) is 15.9. The fourth-order valence-corrected chi connectivity index (χ4v) is 4.86. The number of hydrogen-bond donors (Lipinski definition) is 0. The maximum absolute atomic E-state index is 13.6. The average molecular weight is 488 g/mol. The Morgan fingerprint density at radius 1 is 1.14 bits per heavy atom. The van der Waals surface area contributed by atoms with E-state index in [1.54, 1.807) is 12.1 Å². The molecule has 1 amide bonds. The van der Waals surface area contributed by atoms with Crippen molar-refractivity contribution in [3.8, 4) is 0 Å². The molecule has 2 aromatic rings. The molecule has 1 heterocycles. The molecule has 0 aliphatic carbocycles. The number of amides is 1. The van der Waals surface area contributed by atoms with Gasteiger partial charge in [-0.25, -0.2) is 17.2 Å². The lowest BCUT2D eigenvalue weighted by Crippen LogP contribution is -2.53. The molecule has 1 aliphatic heterocycles. The number of carbonyl (C=O) groups is 1. The first-order valence-electron chi connectivity index (χ1n) is 8.90. The molecule has 9 heteroatoms. The van der Waals surface area contributed by atoms with Gasteiger partial charge in [0.1, 0.15) is 10.9 Å². The van der Waals surface area contributed by atoms with Gasteiger partial charge in [0.05, 0.1) is 18.0 Å². The molecule has 1 aliphatic rings. The van der Waals surface area contributed by atoms with Crippen LogP contribution in [0, 0.1) is 11.6 Å². The first-order chi connectivity index (χ1) is 13.5. The highest BCUT2D eigenvalue weighted by atomic mass is 79.9. The van der Waals surface area contributed by atoms with Crippen molar-refractivity contribution in [3.63, 3.8) is 0 Å². The van der Waals surface area contributed by atoms with Crippen LogP contribution in [0.4, 0.5) is 8.78 Å². The van der Waals surface area contributed by atoms with E-state index in [2.05, 4.69) is 15.9 Å². The summed E-state index contributed by atoms with van der Waals surface area (Å²) < 4.78 is 57.6. The Morgan fingerprint density at radius 3 is 2.41 bits per heavy atom. The molecule has 2 aromatic carbocycles. The molecule has 0 saturated carbocycles. The minimum absolute atomic E-state index is 0.0448. The molecule has 0 bridgehead atoms. The van der Waals surface area contributed by atoms with Crippen LogP contribution in [-0.2, 0) is 19.4 Å². The summed E-state index contributed by atoms with van der Waals surface area (Å²) in [5, 5.41) is 0. The second-order valence-corrected chi connectivity index (χ2v) is 10.7. The first-order valence-corrected chi connectivity index (χ1v) is 11.2. The fraction of sp³-hybridized carbons (Fsp3) is 0.350. The van der Waals surface area contributed by atoms with Crippen LogP contribution >= 0.6 is 15.9 Å². The molecule has 0 spiro atoms. The SMILES string of the molecule is CC(C)(C(=O)N1CCOC(c2ccc(F)c(F)c2)C1)S(=O)(=O)c1ccc(Br)cc1. The molecule has 1 unspecified atom stereocenters. The number of nitrogens with zero attached hydrogens (tertiary/aromatic N) is 1. The Morgan fingerprint density at radius 2 is 1.79 bits per heavy atom. The Labute approximate surface area is 176 Å². The molecular formula is C20H20BrF2NO4S. The average Bonchev–Trinajstić information content (AvgIpc) is 2.69. The van der Waals surface area contributed by atoms with Crippen molar-refractivity contribution in [2.45, 2.75) is 29.6 Å². The molecule has 156 valence electrons. The van der Waals surface area contributed by atoms with Crippen LogP contribution in [-0.4, -0.2) is 43.7 Å². The van der Waals surface area contributed by atoms with Crippen LogP contribution in [0.15, 0.2) is 51.8 Å². The van der Waals surface area contributed by atoms with Crippen molar-refractivity contribution in [2.75, 3.05) is 19.7 Å². The van der Waals surface area contributed by atoms with Crippen molar-refractivity contribution >= 4 is 31.7 Å². The third kappa shape index (κ3) is 4.22. The van der Waals surface area contributed by atoms with Crippen molar-refractivity contribution in [1.29, 1.82) is 0 Å². The Balaban J connectivity index is 1.84. The van der Waals surface area contributed by atoms with Crippen LogP contribution in [0.5, 0.6) is 0 Å². The zero-order chi connectivity index (χ0) is 21.4. The Hall–Kier alpha value is -1.84. The molecule has 5 nitrogen and oxygen atoms in total. The van der Waals surface area contributed by atoms with Gasteiger partial charge in [-0.2, -0.15) is 0 Å². The Bertz CT molecular complexity index is 1030. The predicted octanol–water partition coefficient (Wildman–Crippen LogP) is 3.88. The number of sulfone groups is 1. The molecule has 1 saturated heterocycles. The molecule has 3 rings (SSSR count). The third-order valence-corrected chi connectivity index (χ3v) is 7.92. The maximum atomic E-state index is 13.6. The summed E-state index contributed by atoms with van der Waals surface area (Å²) in [5.41, 5.74) is 0.384. The van der Waals surface area contributed by atoms with E-state index >= 15 is 0 Å². The lowest BCUT2D eigenvalue weighted by Gasteiger charge is -2.37. The number of hydrogen-bond acceptors (Lipinski definition) is 4. The van der Waals surface area contributed by atoms with Gasteiger partial charge in [0.15, 0.2) is 21.5 Å². The first kappa shape index (κ1) is 21.9. The van der Waals surface area contributed by atoms with Gasteiger partial charge in [0.25, 0.3) is 0 Å². The van der Waals surface area contributed by atoms with Crippen LogP contribution in [0.25, 0.3) is 0 Å². The normalized spacial score (nSPS) is 18.0. The second-order valence-electron chi connectivity index (χ2n) is 7.25. The van der Waals surface area contributed by atoms with E-state index in [0.29, 0.717) is 5.56 Å². The standard InChI is InChI=1S/C20H20BrF2NO4S/c1-20(2,29(26,27)15-6-4-14(21)5-7-15)19(25)24-9-10-28-18(12-24)13-3-8-16(22)17(23)11-13/h3-8,11,18H,9-10,12H2,1-2H3. The lowest BCUT2D eigenvalue weighted by molar-refractivity contribution is -0.141. The van der Waals surface area contributed by atoms with Crippen molar-refractivity contribution < 1.29 is 26.7 Å². The summed E-state index contributed by atoms with van der Waals surface area (Å²) in [6, 6.07) is 9.49. The monoisotopic (exact) mass is 487 g/mol. The topological polar surface area (TPSA) is 63.7 Å². The van der Waals surface area contributed by atoms with Gasteiger partial charge in [-0.1, -0.05) is 22.0 Å².